The third-order valence-electron chi connectivity index (χ3n) is 6.42. The van der Waals surface area contributed by atoms with E-state index in [0.717, 1.165) is 42.9 Å². The van der Waals surface area contributed by atoms with Crippen LogP contribution in [0.5, 0.6) is 11.5 Å². The molecule has 1 aliphatic carbocycles. The fraction of sp³-hybridized carbons (Fsp3) is 0.481. The van der Waals surface area contributed by atoms with Gasteiger partial charge in [-0.3, -0.25) is 9.59 Å². The van der Waals surface area contributed by atoms with Gasteiger partial charge in [-0.2, -0.15) is 0 Å². The van der Waals surface area contributed by atoms with Gasteiger partial charge in [-0.15, -0.1) is 0 Å². The number of hydrogen-bond donors (Lipinski definition) is 3. The summed E-state index contributed by atoms with van der Waals surface area (Å²) in [5.74, 6) is -2.84. The van der Waals surface area contributed by atoms with E-state index in [2.05, 4.69) is 5.32 Å². The Kier molecular flexibility index (Phi) is 9.90. The molecule has 0 aromatic heterocycles. The molecule has 0 heterocycles. The summed E-state index contributed by atoms with van der Waals surface area (Å²) < 4.78 is 25.7. The number of aliphatic hydroxyl groups is 1. The number of carbonyl (C=O) groups excluding carboxylic acids is 1. The number of aliphatic hydroxyl groups excluding tert-OH is 1. The number of methoxy groups -OCH3 is 1. The van der Waals surface area contributed by atoms with E-state index in [4.69, 9.17) is 14.6 Å². The second kappa shape index (κ2) is 13.1. The fourth-order valence-electron chi connectivity index (χ4n) is 4.56. The molecule has 0 saturated heterocycles. The summed E-state index contributed by atoms with van der Waals surface area (Å²) in [6.45, 7) is 0.298. The van der Waals surface area contributed by atoms with Crippen LogP contribution in [0.15, 0.2) is 36.4 Å². The van der Waals surface area contributed by atoms with E-state index in [0.29, 0.717) is 25.7 Å². The van der Waals surface area contributed by atoms with Gasteiger partial charge >= 0.3 is 5.97 Å². The zero-order chi connectivity index (χ0) is 25.2. The third-order valence-corrected chi connectivity index (χ3v) is 6.42. The number of carboxylic acid groups (broad SMARTS) is 1. The average Bonchev–Trinajstić information content (AvgIpc) is 2.81. The molecule has 2 aromatic carbocycles. The van der Waals surface area contributed by atoms with Gasteiger partial charge in [0.2, 0.25) is 0 Å². The van der Waals surface area contributed by atoms with Gasteiger partial charge < -0.3 is 25.0 Å². The van der Waals surface area contributed by atoms with Crippen molar-refractivity contribution in [2.45, 2.75) is 57.4 Å². The highest BCUT2D eigenvalue weighted by atomic mass is 19.1. The second-order valence-corrected chi connectivity index (χ2v) is 8.90. The number of aliphatic carboxylic acids is 1. The normalized spacial score (nSPS) is 18.3. The summed E-state index contributed by atoms with van der Waals surface area (Å²) in [6, 6.07) is 9.77. The first-order chi connectivity index (χ1) is 16.9. The zero-order valence-corrected chi connectivity index (χ0v) is 20.1. The molecule has 0 radical (unpaired) electrons. The van der Waals surface area contributed by atoms with Crippen LogP contribution >= 0.6 is 0 Å². The number of ether oxygens (including phenoxy) is 2. The standard InChI is InChI=1S/C27H34FNO6/c1-34-25-22(28)16-20(26(31)29-23-10-5-3-2-4-9-21(23)27(32)33)17-24(25)35-14-12-19-8-6-7-18(15-19)11-13-30/h6-8,15-17,21,23,30H,2-5,9-14H2,1H3,(H,29,31)(H,32,33). The van der Waals surface area contributed by atoms with E-state index in [1.54, 1.807) is 0 Å². The zero-order valence-electron chi connectivity index (χ0n) is 20.1. The molecule has 7 nitrogen and oxygen atoms in total. The molecule has 2 atom stereocenters. The van der Waals surface area contributed by atoms with E-state index in [1.807, 2.05) is 24.3 Å². The minimum absolute atomic E-state index is 0.0504. The van der Waals surface area contributed by atoms with Crippen LogP contribution in [0.25, 0.3) is 0 Å². The van der Waals surface area contributed by atoms with Crippen molar-refractivity contribution in [2.24, 2.45) is 5.92 Å². The number of amides is 1. The van der Waals surface area contributed by atoms with E-state index < -0.39 is 29.7 Å². The minimum atomic E-state index is -0.926. The molecule has 0 bridgehead atoms. The summed E-state index contributed by atoms with van der Waals surface area (Å²) in [6.07, 6.45) is 5.81. The van der Waals surface area contributed by atoms with Gasteiger partial charge in [0.25, 0.3) is 5.91 Å². The molecule has 2 aromatic rings. The predicted molar refractivity (Wildman–Crippen MR) is 129 cm³/mol. The number of rotatable bonds is 10. The van der Waals surface area contributed by atoms with Crippen LogP contribution in [-0.4, -0.2) is 48.5 Å². The van der Waals surface area contributed by atoms with E-state index in [9.17, 15) is 19.1 Å². The Balaban J connectivity index is 1.72. The first-order valence-corrected chi connectivity index (χ1v) is 12.2. The van der Waals surface area contributed by atoms with Crippen molar-refractivity contribution in [2.75, 3.05) is 20.3 Å². The van der Waals surface area contributed by atoms with Crippen molar-refractivity contribution in [1.29, 1.82) is 0 Å². The lowest BCUT2D eigenvalue weighted by Gasteiger charge is -2.27. The number of carbonyl (C=O) groups is 2. The predicted octanol–water partition coefficient (Wildman–Crippen LogP) is 4.14. The summed E-state index contributed by atoms with van der Waals surface area (Å²) in [7, 11) is 1.33. The van der Waals surface area contributed by atoms with Crippen LogP contribution in [-0.2, 0) is 17.6 Å². The largest absolute Gasteiger partial charge is 0.490 e. The molecular formula is C27H34FNO6. The summed E-state index contributed by atoms with van der Waals surface area (Å²) in [5, 5.41) is 21.6. The number of halogens is 1. The Labute approximate surface area is 205 Å². The number of benzene rings is 2. The Morgan fingerprint density at radius 2 is 1.77 bits per heavy atom. The maximum Gasteiger partial charge on any atom is 0.308 e. The molecule has 1 fully saturated rings. The first kappa shape index (κ1) is 26.5. The fourth-order valence-corrected chi connectivity index (χ4v) is 4.56. The number of nitrogens with one attached hydrogen (secondary N) is 1. The van der Waals surface area contributed by atoms with E-state index >= 15 is 0 Å². The Bertz CT molecular complexity index is 1010. The lowest BCUT2D eigenvalue weighted by atomic mass is 9.86. The SMILES string of the molecule is COc1c(F)cc(C(=O)NC2CCCCCCC2C(=O)O)cc1OCCc1cccc(CCO)c1. The molecule has 0 spiro atoms. The monoisotopic (exact) mass is 487 g/mol. The Morgan fingerprint density at radius 1 is 1.06 bits per heavy atom. The Hall–Kier alpha value is -3.13. The molecular weight excluding hydrogens is 453 g/mol. The third kappa shape index (κ3) is 7.42. The van der Waals surface area contributed by atoms with Gasteiger partial charge in [0.15, 0.2) is 17.3 Å². The molecule has 3 N–H and O–H groups in total. The van der Waals surface area contributed by atoms with Crippen LogP contribution in [0.2, 0.25) is 0 Å². The van der Waals surface area contributed by atoms with Crippen molar-refractivity contribution in [3.8, 4) is 11.5 Å². The van der Waals surface area contributed by atoms with Gasteiger partial charge in [-0.25, -0.2) is 4.39 Å². The lowest BCUT2D eigenvalue weighted by molar-refractivity contribution is -0.143. The van der Waals surface area contributed by atoms with Gasteiger partial charge in [-0.1, -0.05) is 49.9 Å². The van der Waals surface area contributed by atoms with E-state index in [-0.39, 0.29) is 30.3 Å². The average molecular weight is 488 g/mol. The van der Waals surface area contributed by atoms with Crippen LogP contribution in [0.1, 0.15) is 60.0 Å². The highest BCUT2D eigenvalue weighted by molar-refractivity contribution is 5.95. The molecule has 1 aliphatic rings. The Morgan fingerprint density at radius 3 is 2.46 bits per heavy atom. The molecule has 8 heteroatoms. The lowest BCUT2D eigenvalue weighted by Crippen LogP contribution is -2.44. The molecule has 1 saturated carbocycles. The summed E-state index contributed by atoms with van der Waals surface area (Å²) >= 11 is 0. The van der Waals surface area contributed by atoms with Crippen LogP contribution in [0, 0.1) is 11.7 Å². The number of hydrogen-bond acceptors (Lipinski definition) is 5. The molecule has 3 rings (SSSR count). The van der Waals surface area contributed by atoms with Gasteiger partial charge in [0, 0.05) is 24.6 Å². The molecule has 0 aliphatic heterocycles. The number of carboxylic acids is 1. The topological polar surface area (TPSA) is 105 Å². The van der Waals surface area contributed by atoms with Crippen LogP contribution in [0.4, 0.5) is 4.39 Å². The maximum atomic E-state index is 14.8. The summed E-state index contributed by atoms with van der Waals surface area (Å²) in [5.41, 5.74) is 2.07. The van der Waals surface area contributed by atoms with Crippen molar-refractivity contribution < 1.29 is 33.7 Å². The van der Waals surface area contributed by atoms with Crippen molar-refractivity contribution in [3.05, 3.63) is 58.9 Å². The van der Waals surface area contributed by atoms with Crippen molar-refractivity contribution in [3.63, 3.8) is 0 Å². The van der Waals surface area contributed by atoms with Gasteiger partial charge in [0.1, 0.15) is 0 Å². The first-order valence-electron chi connectivity index (χ1n) is 12.2. The van der Waals surface area contributed by atoms with Gasteiger partial charge in [-0.05, 0) is 42.5 Å². The second-order valence-electron chi connectivity index (χ2n) is 8.90. The van der Waals surface area contributed by atoms with E-state index in [1.165, 1.54) is 13.2 Å². The summed E-state index contributed by atoms with van der Waals surface area (Å²) in [4.78, 5) is 24.8. The van der Waals surface area contributed by atoms with Crippen molar-refractivity contribution in [1.82, 2.24) is 5.32 Å². The highest BCUT2D eigenvalue weighted by Crippen LogP contribution is 2.32. The van der Waals surface area contributed by atoms with Crippen molar-refractivity contribution >= 4 is 11.9 Å². The molecule has 1 amide bonds. The van der Waals surface area contributed by atoms with Gasteiger partial charge in [0.05, 0.1) is 19.6 Å². The molecule has 35 heavy (non-hydrogen) atoms. The van der Waals surface area contributed by atoms with Crippen LogP contribution in [0.3, 0.4) is 0 Å². The highest BCUT2D eigenvalue weighted by Gasteiger charge is 2.30. The van der Waals surface area contributed by atoms with Crippen LogP contribution < -0.4 is 14.8 Å². The minimum Gasteiger partial charge on any atom is -0.490 e. The maximum absolute atomic E-state index is 14.8. The molecule has 190 valence electrons. The smallest absolute Gasteiger partial charge is 0.308 e. The quantitative estimate of drug-likeness (QED) is 0.465. The molecule has 2 unspecified atom stereocenters.